The zero-order chi connectivity index (χ0) is 18.1. The average molecular weight is 356 g/mol. The summed E-state index contributed by atoms with van der Waals surface area (Å²) < 4.78 is 7.58. The van der Waals surface area contributed by atoms with Gasteiger partial charge in [0.15, 0.2) is 0 Å². The van der Waals surface area contributed by atoms with Gasteiger partial charge in [-0.2, -0.15) is 0 Å². The van der Waals surface area contributed by atoms with Gasteiger partial charge >= 0.3 is 0 Å². The zero-order valence-electron chi connectivity index (χ0n) is 14.8. The molecule has 2 aliphatic heterocycles. The Bertz CT molecular complexity index is 833. The van der Waals surface area contributed by atoms with Crippen molar-refractivity contribution < 1.29 is 14.3 Å². The Hall–Kier alpha value is -2.41. The molecule has 2 aromatic rings. The summed E-state index contributed by atoms with van der Waals surface area (Å²) in [7, 11) is 0. The van der Waals surface area contributed by atoms with Crippen molar-refractivity contribution in [1.82, 2.24) is 14.5 Å². The first-order valence-electron chi connectivity index (χ1n) is 9.15. The highest BCUT2D eigenvalue weighted by atomic mass is 16.5. The SMILES string of the molecule is NC(=O)[C@]12CCOC[C@H]1CN(C(=O)CCCn1cnc3ccccc31)C2. The van der Waals surface area contributed by atoms with Crippen LogP contribution in [0.3, 0.4) is 0 Å². The van der Waals surface area contributed by atoms with Crippen LogP contribution in [0.1, 0.15) is 19.3 Å². The van der Waals surface area contributed by atoms with E-state index in [4.69, 9.17) is 10.5 Å². The number of hydrogen-bond donors (Lipinski definition) is 1. The van der Waals surface area contributed by atoms with E-state index in [1.165, 1.54) is 0 Å². The van der Waals surface area contributed by atoms with Gasteiger partial charge < -0.3 is 19.9 Å². The molecule has 3 heterocycles. The van der Waals surface area contributed by atoms with Crippen molar-refractivity contribution in [3.8, 4) is 0 Å². The number of nitrogens with two attached hydrogens (primary N) is 1. The number of carbonyl (C=O) groups excluding carboxylic acids is 2. The molecule has 0 bridgehead atoms. The van der Waals surface area contributed by atoms with E-state index in [1.807, 2.05) is 30.6 Å². The van der Waals surface area contributed by atoms with Gasteiger partial charge in [-0.3, -0.25) is 9.59 Å². The third kappa shape index (κ3) is 2.86. The second kappa shape index (κ2) is 6.72. The van der Waals surface area contributed by atoms with Gasteiger partial charge in [-0.05, 0) is 25.0 Å². The number of rotatable bonds is 5. The van der Waals surface area contributed by atoms with Crippen LogP contribution in [0.2, 0.25) is 0 Å². The number of amides is 2. The van der Waals surface area contributed by atoms with Gasteiger partial charge in [0.25, 0.3) is 0 Å². The molecular formula is C19H24N4O3. The predicted octanol–water partition coefficient (Wildman–Crippen LogP) is 1.17. The molecule has 0 spiro atoms. The number of aryl methyl sites for hydroxylation is 1. The Kier molecular flexibility index (Phi) is 4.40. The number of ether oxygens (including phenoxy) is 1. The van der Waals surface area contributed by atoms with Crippen LogP contribution in [0, 0.1) is 11.3 Å². The third-order valence-corrected chi connectivity index (χ3v) is 5.87. The summed E-state index contributed by atoms with van der Waals surface area (Å²) in [6.07, 6.45) is 3.62. The van der Waals surface area contributed by atoms with Crippen molar-refractivity contribution in [2.75, 3.05) is 26.3 Å². The van der Waals surface area contributed by atoms with Gasteiger partial charge in [-0.15, -0.1) is 0 Å². The normalized spacial score (nSPS) is 25.4. The fourth-order valence-electron chi connectivity index (χ4n) is 4.29. The minimum atomic E-state index is -0.603. The maximum absolute atomic E-state index is 12.7. The number of aromatic nitrogens is 2. The van der Waals surface area contributed by atoms with E-state index in [9.17, 15) is 9.59 Å². The monoisotopic (exact) mass is 356 g/mol. The van der Waals surface area contributed by atoms with E-state index in [0.717, 1.165) is 24.0 Å². The van der Waals surface area contributed by atoms with Gasteiger partial charge in [0.1, 0.15) is 0 Å². The Labute approximate surface area is 152 Å². The van der Waals surface area contributed by atoms with Crippen LogP contribution in [0.4, 0.5) is 0 Å². The molecule has 2 fully saturated rings. The Morgan fingerprint density at radius 2 is 2.19 bits per heavy atom. The second-order valence-corrected chi connectivity index (χ2v) is 7.35. The standard InChI is InChI=1S/C19H24N4O3/c20-18(25)19-7-9-26-11-14(19)10-23(12-19)17(24)6-3-8-22-13-21-15-4-1-2-5-16(15)22/h1-2,4-5,13-14H,3,6-12H2,(H2,20,25)/t14-,19+/m1/s1. The van der Waals surface area contributed by atoms with Crippen molar-refractivity contribution >= 4 is 22.8 Å². The summed E-state index contributed by atoms with van der Waals surface area (Å²) in [6.45, 7) is 2.79. The fraction of sp³-hybridized carbons (Fsp3) is 0.526. The summed E-state index contributed by atoms with van der Waals surface area (Å²) >= 11 is 0. The molecule has 0 saturated carbocycles. The first kappa shape index (κ1) is 17.0. The molecular weight excluding hydrogens is 332 g/mol. The molecule has 0 aliphatic carbocycles. The fourth-order valence-corrected chi connectivity index (χ4v) is 4.29. The van der Waals surface area contributed by atoms with Crippen molar-refractivity contribution in [2.45, 2.75) is 25.8 Å². The van der Waals surface area contributed by atoms with E-state index in [2.05, 4.69) is 9.55 Å². The molecule has 4 rings (SSSR count). The molecule has 2 saturated heterocycles. The predicted molar refractivity (Wildman–Crippen MR) is 96.1 cm³/mol. The van der Waals surface area contributed by atoms with Crippen molar-refractivity contribution in [3.63, 3.8) is 0 Å². The Morgan fingerprint density at radius 3 is 3.00 bits per heavy atom. The smallest absolute Gasteiger partial charge is 0.225 e. The van der Waals surface area contributed by atoms with Crippen LogP contribution < -0.4 is 5.73 Å². The number of fused-ring (bicyclic) bond motifs is 2. The quantitative estimate of drug-likeness (QED) is 0.871. The number of imidazole rings is 1. The van der Waals surface area contributed by atoms with E-state index in [1.54, 1.807) is 4.90 Å². The summed E-state index contributed by atoms with van der Waals surface area (Å²) in [6, 6.07) is 7.97. The number of benzene rings is 1. The molecule has 7 nitrogen and oxygen atoms in total. The van der Waals surface area contributed by atoms with Gasteiger partial charge in [0.2, 0.25) is 11.8 Å². The van der Waals surface area contributed by atoms with Crippen LogP contribution in [-0.4, -0.2) is 52.6 Å². The molecule has 1 aromatic carbocycles. The van der Waals surface area contributed by atoms with E-state index in [-0.39, 0.29) is 17.7 Å². The minimum Gasteiger partial charge on any atom is -0.381 e. The third-order valence-electron chi connectivity index (χ3n) is 5.87. The van der Waals surface area contributed by atoms with Crippen molar-refractivity contribution in [1.29, 1.82) is 0 Å². The Balaban J connectivity index is 1.36. The number of nitrogens with zero attached hydrogens (tertiary/aromatic N) is 3. The lowest BCUT2D eigenvalue weighted by Crippen LogP contribution is -2.48. The van der Waals surface area contributed by atoms with Crippen LogP contribution in [0.15, 0.2) is 30.6 Å². The lowest BCUT2D eigenvalue weighted by Gasteiger charge is -2.34. The Morgan fingerprint density at radius 1 is 1.35 bits per heavy atom. The number of hydrogen-bond acceptors (Lipinski definition) is 4. The molecule has 2 atom stereocenters. The van der Waals surface area contributed by atoms with Crippen LogP contribution in [0.25, 0.3) is 11.0 Å². The van der Waals surface area contributed by atoms with Gasteiger partial charge in [0.05, 0.1) is 29.4 Å². The van der Waals surface area contributed by atoms with Gasteiger partial charge in [-0.25, -0.2) is 4.98 Å². The average Bonchev–Trinajstić information content (AvgIpc) is 3.24. The highest BCUT2D eigenvalue weighted by Gasteiger charge is 2.53. The summed E-state index contributed by atoms with van der Waals surface area (Å²) in [5.41, 5.74) is 7.12. The molecule has 7 heteroatoms. The highest BCUT2D eigenvalue weighted by Crippen LogP contribution is 2.42. The largest absolute Gasteiger partial charge is 0.381 e. The van der Waals surface area contributed by atoms with Crippen LogP contribution in [0.5, 0.6) is 0 Å². The number of primary amides is 1. The minimum absolute atomic E-state index is 0.0234. The maximum Gasteiger partial charge on any atom is 0.225 e. The van der Waals surface area contributed by atoms with Crippen LogP contribution >= 0.6 is 0 Å². The van der Waals surface area contributed by atoms with Gasteiger partial charge in [0, 0.05) is 38.6 Å². The molecule has 138 valence electrons. The lowest BCUT2D eigenvalue weighted by molar-refractivity contribution is -0.136. The first-order chi connectivity index (χ1) is 12.6. The highest BCUT2D eigenvalue weighted by molar-refractivity contribution is 5.84. The van der Waals surface area contributed by atoms with Crippen molar-refractivity contribution in [3.05, 3.63) is 30.6 Å². The summed E-state index contributed by atoms with van der Waals surface area (Å²) in [5, 5.41) is 0. The second-order valence-electron chi connectivity index (χ2n) is 7.35. The number of likely N-dealkylation sites (tertiary alicyclic amines) is 1. The molecule has 2 N–H and O–H groups in total. The van der Waals surface area contributed by atoms with Crippen LogP contribution in [-0.2, 0) is 20.9 Å². The van der Waals surface area contributed by atoms with Gasteiger partial charge in [-0.1, -0.05) is 12.1 Å². The molecule has 1 aromatic heterocycles. The number of para-hydroxylation sites is 2. The summed E-state index contributed by atoms with van der Waals surface area (Å²) in [5.74, 6) is -0.189. The molecule has 2 amide bonds. The van der Waals surface area contributed by atoms with Crippen molar-refractivity contribution in [2.24, 2.45) is 17.1 Å². The molecule has 26 heavy (non-hydrogen) atoms. The van der Waals surface area contributed by atoms with E-state index < -0.39 is 5.41 Å². The maximum atomic E-state index is 12.7. The molecule has 0 radical (unpaired) electrons. The summed E-state index contributed by atoms with van der Waals surface area (Å²) in [4.78, 5) is 30.9. The molecule has 0 unspecified atom stereocenters. The van der Waals surface area contributed by atoms with E-state index in [0.29, 0.717) is 39.1 Å². The number of carbonyl (C=O) groups is 2. The zero-order valence-corrected chi connectivity index (χ0v) is 14.8. The van der Waals surface area contributed by atoms with E-state index >= 15 is 0 Å². The lowest BCUT2D eigenvalue weighted by atomic mass is 9.74. The first-order valence-corrected chi connectivity index (χ1v) is 9.15. The topological polar surface area (TPSA) is 90.5 Å². The molecule has 2 aliphatic rings.